The molecule has 112 valence electrons. The van der Waals surface area contributed by atoms with E-state index in [1.165, 1.54) is 5.56 Å². The molecule has 2 rings (SSSR count). The van der Waals surface area contributed by atoms with Gasteiger partial charge in [0.15, 0.2) is 0 Å². The Bertz CT molecular complexity index is 385. The molecule has 0 atom stereocenters. The standard InChI is InChI=1S/C17H27NO2/c1-15(2)18(12-16-6-4-3-5-7-16)13-17(14-19)8-10-20-11-9-17/h3-7,15,19H,8-14H2,1-2H3. The predicted octanol–water partition coefficient (Wildman–Crippen LogP) is 2.69. The molecule has 0 bridgehead atoms. The maximum atomic E-state index is 9.86. The van der Waals surface area contributed by atoms with E-state index in [-0.39, 0.29) is 12.0 Å². The Morgan fingerprint density at radius 1 is 1.20 bits per heavy atom. The summed E-state index contributed by atoms with van der Waals surface area (Å²) in [5.74, 6) is 0. The van der Waals surface area contributed by atoms with Crippen LogP contribution in [0.2, 0.25) is 0 Å². The Hall–Kier alpha value is -0.900. The van der Waals surface area contributed by atoms with E-state index in [0.29, 0.717) is 6.04 Å². The third-order valence-electron chi connectivity index (χ3n) is 4.39. The minimum atomic E-state index is 0.0112. The molecule has 0 aromatic heterocycles. The molecule has 1 N–H and O–H groups in total. The summed E-state index contributed by atoms with van der Waals surface area (Å²) in [5.41, 5.74) is 1.35. The smallest absolute Gasteiger partial charge is 0.0501 e. The quantitative estimate of drug-likeness (QED) is 0.868. The van der Waals surface area contributed by atoms with E-state index in [1.807, 2.05) is 0 Å². The Kier molecular flexibility index (Phi) is 5.58. The summed E-state index contributed by atoms with van der Waals surface area (Å²) in [6.07, 6.45) is 1.92. The Labute approximate surface area is 122 Å². The first-order valence-corrected chi connectivity index (χ1v) is 7.62. The second-order valence-corrected chi connectivity index (χ2v) is 6.25. The fraction of sp³-hybridized carbons (Fsp3) is 0.647. The van der Waals surface area contributed by atoms with E-state index >= 15 is 0 Å². The molecule has 1 aromatic rings. The molecule has 1 fully saturated rings. The van der Waals surface area contributed by atoms with Crippen molar-refractivity contribution in [1.82, 2.24) is 4.90 Å². The highest BCUT2D eigenvalue weighted by atomic mass is 16.5. The topological polar surface area (TPSA) is 32.7 Å². The second kappa shape index (κ2) is 7.21. The van der Waals surface area contributed by atoms with E-state index in [4.69, 9.17) is 4.74 Å². The van der Waals surface area contributed by atoms with Gasteiger partial charge in [-0.05, 0) is 32.3 Å². The van der Waals surface area contributed by atoms with Crippen molar-refractivity contribution in [2.45, 2.75) is 39.3 Å². The number of benzene rings is 1. The molecule has 1 aliphatic rings. The van der Waals surface area contributed by atoms with Crippen LogP contribution >= 0.6 is 0 Å². The van der Waals surface area contributed by atoms with Crippen LogP contribution in [0.25, 0.3) is 0 Å². The summed E-state index contributed by atoms with van der Waals surface area (Å²) >= 11 is 0. The average molecular weight is 277 g/mol. The van der Waals surface area contributed by atoms with Crippen LogP contribution in [-0.4, -0.2) is 42.4 Å². The molecule has 0 saturated carbocycles. The van der Waals surface area contributed by atoms with E-state index in [2.05, 4.69) is 49.1 Å². The molecule has 1 aliphatic heterocycles. The van der Waals surface area contributed by atoms with Crippen molar-refractivity contribution in [3.05, 3.63) is 35.9 Å². The minimum absolute atomic E-state index is 0.0112. The number of hydrogen-bond donors (Lipinski definition) is 1. The van der Waals surface area contributed by atoms with Gasteiger partial charge in [-0.25, -0.2) is 0 Å². The summed E-state index contributed by atoms with van der Waals surface area (Å²) in [4.78, 5) is 2.47. The molecule has 1 heterocycles. The van der Waals surface area contributed by atoms with Crippen LogP contribution in [0, 0.1) is 5.41 Å². The van der Waals surface area contributed by atoms with Crippen LogP contribution in [0.5, 0.6) is 0 Å². The normalized spacial score (nSPS) is 18.6. The number of aliphatic hydroxyl groups is 1. The van der Waals surface area contributed by atoms with Crippen LogP contribution < -0.4 is 0 Å². The zero-order valence-electron chi connectivity index (χ0n) is 12.7. The zero-order chi connectivity index (χ0) is 14.4. The fourth-order valence-electron chi connectivity index (χ4n) is 2.84. The monoisotopic (exact) mass is 277 g/mol. The lowest BCUT2D eigenvalue weighted by atomic mass is 9.80. The summed E-state index contributed by atoms with van der Waals surface area (Å²) in [6, 6.07) is 11.0. The van der Waals surface area contributed by atoms with Crippen LogP contribution in [0.3, 0.4) is 0 Å². The first-order valence-electron chi connectivity index (χ1n) is 7.62. The first-order chi connectivity index (χ1) is 9.65. The summed E-state index contributed by atoms with van der Waals surface area (Å²) in [7, 11) is 0. The Balaban J connectivity index is 2.04. The van der Waals surface area contributed by atoms with Crippen LogP contribution in [-0.2, 0) is 11.3 Å². The van der Waals surface area contributed by atoms with Crippen molar-refractivity contribution in [3.8, 4) is 0 Å². The molecule has 20 heavy (non-hydrogen) atoms. The van der Waals surface area contributed by atoms with E-state index in [0.717, 1.165) is 39.1 Å². The molecule has 1 saturated heterocycles. The predicted molar refractivity (Wildman–Crippen MR) is 81.6 cm³/mol. The van der Waals surface area contributed by atoms with Gasteiger partial charge in [-0.2, -0.15) is 0 Å². The highest BCUT2D eigenvalue weighted by Crippen LogP contribution is 2.32. The first kappa shape index (κ1) is 15.5. The highest BCUT2D eigenvalue weighted by Gasteiger charge is 2.34. The maximum absolute atomic E-state index is 9.86. The van der Waals surface area contributed by atoms with E-state index in [9.17, 15) is 5.11 Å². The number of nitrogens with zero attached hydrogens (tertiary/aromatic N) is 1. The Morgan fingerprint density at radius 2 is 1.85 bits per heavy atom. The van der Waals surface area contributed by atoms with Crippen LogP contribution in [0.4, 0.5) is 0 Å². The summed E-state index contributed by atoms with van der Waals surface area (Å²) in [6.45, 7) is 8.16. The molecule has 0 amide bonds. The molecular formula is C17H27NO2. The number of ether oxygens (including phenoxy) is 1. The lowest BCUT2D eigenvalue weighted by molar-refractivity contribution is -0.0402. The van der Waals surface area contributed by atoms with Gasteiger partial charge in [0, 0.05) is 37.8 Å². The average Bonchev–Trinajstić information content (AvgIpc) is 2.48. The van der Waals surface area contributed by atoms with Gasteiger partial charge in [0.05, 0.1) is 6.61 Å². The van der Waals surface area contributed by atoms with Crippen molar-refractivity contribution < 1.29 is 9.84 Å². The largest absolute Gasteiger partial charge is 0.396 e. The fourth-order valence-corrected chi connectivity index (χ4v) is 2.84. The van der Waals surface area contributed by atoms with Gasteiger partial charge >= 0.3 is 0 Å². The van der Waals surface area contributed by atoms with Crippen molar-refractivity contribution in [1.29, 1.82) is 0 Å². The van der Waals surface area contributed by atoms with E-state index < -0.39 is 0 Å². The van der Waals surface area contributed by atoms with Gasteiger partial charge in [-0.15, -0.1) is 0 Å². The third-order valence-corrected chi connectivity index (χ3v) is 4.39. The molecule has 0 radical (unpaired) electrons. The van der Waals surface area contributed by atoms with Crippen molar-refractivity contribution in [3.63, 3.8) is 0 Å². The molecular weight excluding hydrogens is 250 g/mol. The van der Waals surface area contributed by atoms with Crippen molar-refractivity contribution in [2.75, 3.05) is 26.4 Å². The molecule has 3 nitrogen and oxygen atoms in total. The number of aliphatic hydroxyl groups excluding tert-OH is 1. The maximum Gasteiger partial charge on any atom is 0.0501 e. The summed E-state index contributed by atoms with van der Waals surface area (Å²) < 4.78 is 5.46. The van der Waals surface area contributed by atoms with Gasteiger partial charge in [0.2, 0.25) is 0 Å². The van der Waals surface area contributed by atoms with Crippen LogP contribution in [0.15, 0.2) is 30.3 Å². The second-order valence-electron chi connectivity index (χ2n) is 6.25. The molecule has 3 heteroatoms. The molecule has 1 aromatic carbocycles. The van der Waals surface area contributed by atoms with Gasteiger partial charge in [-0.3, -0.25) is 4.90 Å². The van der Waals surface area contributed by atoms with Gasteiger partial charge < -0.3 is 9.84 Å². The SMILES string of the molecule is CC(C)N(Cc1ccccc1)CC1(CO)CCOCC1. The number of hydrogen-bond acceptors (Lipinski definition) is 3. The molecule has 0 aliphatic carbocycles. The molecule has 0 spiro atoms. The lowest BCUT2D eigenvalue weighted by Gasteiger charge is -2.41. The van der Waals surface area contributed by atoms with Crippen molar-refractivity contribution >= 4 is 0 Å². The van der Waals surface area contributed by atoms with Gasteiger partial charge in [0.25, 0.3) is 0 Å². The van der Waals surface area contributed by atoms with Crippen molar-refractivity contribution in [2.24, 2.45) is 5.41 Å². The Morgan fingerprint density at radius 3 is 2.40 bits per heavy atom. The minimum Gasteiger partial charge on any atom is -0.396 e. The third kappa shape index (κ3) is 4.05. The lowest BCUT2D eigenvalue weighted by Crippen LogP contribution is -2.45. The molecule has 0 unspecified atom stereocenters. The van der Waals surface area contributed by atoms with Crippen LogP contribution in [0.1, 0.15) is 32.3 Å². The summed E-state index contributed by atoms with van der Waals surface area (Å²) in [5, 5.41) is 9.86. The number of rotatable bonds is 6. The highest BCUT2D eigenvalue weighted by molar-refractivity contribution is 5.14. The van der Waals surface area contributed by atoms with E-state index in [1.54, 1.807) is 0 Å². The zero-order valence-corrected chi connectivity index (χ0v) is 12.7. The van der Waals surface area contributed by atoms with Gasteiger partial charge in [0.1, 0.15) is 0 Å². The van der Waals surface area contributed by atoms with Gasteiger partial charge in [-0.1, -0.05) is 30.3 Å².